The zero-order valence-corrected chi connectivity index (χ0v) is 10.00. The van der Waals surface area contributed by atoms with Gasteiger partial charge in [-0.2, -0.15) is 0 Å². The molecule has 5 heteroatoms. The lowest BCUT2D eigenvalue weighted by Gasteiger charge is -2.13. The van der Waals surface area contributed by atoms with Crippen LogP contribution >= 0.6 is 0 Å². The van der Waals surface area contributed by atoms with Crippen LogP contribution in [0.1, 0.15) is 20.3 Å². The number of nitrogens with one attached hydrogen (secondary N) is 1. The molecule has 0 saturated carbocycles. The Bertz CT molecular complexity index is 396. The molecule has 0 fully saturated rings. The summed E-state index contributed by atoms with van der Waals surface area (Å²) in [7, 11) is 0. The molecule has 0 heterocycles. The molecule has 1 aromatic rings. The van der Waals surface area contributed by atoms with E-state index in [2.05, 4.69) is 5.32 Å². The molecule has 1 aromatic carbocycles. The summed E-state index contributed by atoms with van der Waals surface area (Å²) in [4.78, 5) is 11.6. The van der Waals surface area contributed by atoms with Gasteiger partial charge < -0.3 is 15.8 Å². The smallest absolute Gasteiger partial charge is 0.241 e. The molecule has 0 aromatic heterocycles. The van der Waals surface area contributed by atoms with Crippen molar-refractivity contribution in [1.29, 1.82) is 0 Å². The first-order valence-corrected chi connectivity index (χ1v) is 5.57. The predicted molar refractivity (Wildman–Crippen MR) is 64.5 cm³/mol. The largest absolute Gasteiger partial charge is 0.492 e. The molecule has 0 aliphatic carbocycles. The van der Waals surface area contributed by atoms with E-state index in [0.717, 1.165) is 0 Å². The molecule has 17 heavy (non-hydrogen) atoms. The molecule has 0 saturated heterocycles. The Balaban J connectivity index is 2.86. The molecular weight excluding hydrogens is 223 g/mol. The maximum atomic E-state index is 13.0. The molecule has 0 aliphatic rings. The Morgan fingerprint density at radius 3 is 2.82 bits per heavy atom. The highest BCUT2D eigenvalue weighted by Gasteiger charge is 2.14. The minimum absolute atomic E-state index is 0.305. The van der Waals surface area contributed by atoms with Crippen LogP contribution in [0.25, 0.3) is 0 Å². The molecule has 3 N–H and O–H groups in total. The molecule has 1 amide bonds. The SMILES string of the molecule is CCOc1cc(F)ccc1NC(=O)[C@H](N)CC. The molecule has 0 bridgehead atoms. The molecule has 0 aliphatic heterocycles. The van der Waals surface area contributed by atoms with Gasteiger partial charge in [0.2, 0.25) is 5.91 Å². The summed E-state index contributed by atoms with van der Waals surface area (Å²) in [6.45, 7) is 4.00. The number of carbonyl (C=O) groups is 1. The first kappa shape index (κ1) is 13.4. The Hall–Kier alpha value is -1.62. The Morgan fingerprint density at radius 2 is 2.24 bits per heavy atom. The van der Waals surface area contributed by atoms with Gasteiger partial charge in [-0.3, -0.25) is 4.79 Å². The van der Waals surface area contributed by atoms with Gasteiger partial charge in [0.05, 0.1) is 18.3 Å². The third kappa shape index (κ3) is 3.71. The van der Waals surface area contributed by atoms with E-state index < -0.39 is 11.9 Å². The van der Waals surface area contributed by atoms with Crippen molar-refractivity contribution >= 4 is 11.6 Å². The minimum atomic E-state index is -0.575. The Labute approximate surface area is 100.0 Å². The fourth-order valence-corrected chi connectivity index (χ4v) is 1.29. The fraction of sp³-hybridized carbons (Fsp3) is 0.417. The third-order valence-corrected chi connectivity index (χ3v) is 2.28. The lowest BCUT2D eigenvalue weighted by Crippen LogP contribution is -2.34. The van der Waals surface area contributed by atoms with Gasteiger partial charge in [-0.25, -0.2) is 4.39 Å². The second kappa shape index (κ2) is 6.20. The van der Waals surface area contributed by atoms with Gasteiger partial charge in [0.1, 0.15) is 11.6 Å². The third-order valence-electron chi connectivity index (χ3n) is 2.28. The number of ether oxygens (including phenoxy) is 1. The predicted octanol–water partition coefficient (Wildman–Crippen LogP) is 1.90. The second-order valence-electron chi connectivity index (χ2n) is 3.58. The van der Waals surface area contributed by atoms with E-state index in [1.807, 2.05) is 6.92 Å². The van der Waals surface area contributed by atoms with Gasteiger partial charge in [0.15, 0.2) is 0 Å². The van der Waals surface area contributed by atoms with Crippen LogP contribution in [0.15, 0.2) is 18.2 Å². The maximum Gasteiger partial charge on any atom is 0.241 e. The van der Waals surface area contributed by atoms with Gasteiger partial charge >= 0.3 is 0 Å². The van der Waals surface area contributed by atoms with E-state index in [1.54, 1.807) is 6.92 Å². The first-order chi connectivity index (χ1) is 8.08. The lowest BCUT2D eigenvalue weighted by atomic mass is 10.2. The number of benzene rings is 1. The Morgan fingerprint density at radius 1 is 1.53 bits per heavy atom. The summed E-state index contributed by atoms with van der Waals surface area (Å²) in [6.07, 6.45) is 0.539. The number of hydrogen-bond acceptors (Lipinski definition) is 3. The quantitative estimate of drug-likeness (QED) is 0.826. The summed E-state index contributed by atoms with van der Waals surface area (Å²) >= 11 is 0. The lowest BCUT2D eigenvalue weighted by molar-refractivity contribution is -0.117. The number of rotatable bonds is 5. The molecule has 94 valence electrons. The van der Waals surface area contributed by atoms with Crippen LogP contribution < -0.4 is 15.8 Å². The van der Waals surface area contributed by atoms with Crippen LogP contribution in [0.5, 0.6) is 5.75 Å². The van der Waals surface area contributed by atoms with Gasteiger partial charge in [-0.1, -0.05) is 6.92 Å². The van der Waals surface area contributed by atoms with Crippen LogP contribution in [0.2, 0.25) is 0 Å². The van der Waals surface area contributed by atoms with Crippen LogP contribution in [-0.2, 0) is 4.79 Å². The van der Waals surface area contributed by atoms with E-state index in [-0.39, 0.29) is 5.91 Å². The van der Waals surface area contributed by atoms with Crippen molar-refractivity contribution in [1.82, 2.24) is 0 Å². The summed E-state index contributed by atoms with van der Waals surface area (Å²) in [5.41, 5.74) is 6.02. The van der Waals surface area contributed by atoms with Crippen molar-refractivity contribution in [3.63, 3.8) is 0 Å². The van der Waals surface area contributed by atoms with E-state index in [1.165, 1.54) is 18.2 Å². The van der Waals surface area contributed by atoms with Crippen molar-refractivity contribution < 1.29 is 13.9 Å². The zero-order valence-electron chi connectivity index (χ0n) is 10.00. The highest BCUT2D eigenvalue weighted by Crippen LogP contribution is 2.25. The number of halogens is 1. The van der Waals surface area contributed by atoms with Crippen molar-refractivity contribution in [2.45, 2.75) is 26.3 Å². The Kier molecular flexibility index (Phi) is 4.90. The average Bonchev–Trinajstić information content (AvgIpc) is 2.31. The van der Waals surface area contributed by atoms with Crippen molar-refractivity contribution in [2.24, 2.45) is 5.73 Å². The van der Waals surface area contributed by atoms with Gasteiger partial charge in [-0.15, -0.1) is 0 Å². The zero-order chi connectivity index (χ0) is 12.8. The van der Waals surface area contributed by atoms with Gasteiger partial charge in [0, 0.05) is 6.07 Å². The summed E-state index contributed by atoms with van der Waals surface area (Å²) in [5.74, 6) is -0.407. The molecule has 0 radical (unpaired) electrons. The highest BCUT2D eigenvalue weighted by atomic mass is 19.1. The molecule has 0 spiro atoms. The average molecular weight is 240 g/mol. The number of hydrogen-bond donors (Lipinski definition) is 2. The maximum absolute atomic E-state index is 13.0. The van der Waals surface area contributed by atoms with Gasteiger partial charge in [-0.05, 0) is 25.5 Å². The normalized spacial score (nSPS) is 12.0. The second-order valence-corrected chi connectivity index (χ2v) is 3.58. The number of carbonyl (C=O) groups excluding carboxylic acids is 1. The highest BCUT2D eigenvalue weighted by molar-refractivity contribution is 5.95. The fourth-order valence-electron chi connectivity index (χ4n) is 1.29. The standard InChI is InChI=1S/C12H17FN2O2/c1-3-9(14)12(16)15-10-6-5-8(13)7-11(10)17-4-2/h5-7,9H,3-4,14H2,1-2H3,(H,15,16)/t9-/m1/s1. The minimum Gasteiger partial charge on any atom is -0.492 e. The molecule has 1 rings (SSSR count). The molecule has 4 nitrogen and oxygen atoms in total. The summed E-state index contributed by atoms with van der Waals surface area (Å²) < 4.78 is 18.3. The van der Waals surface area contributed by atoms with Crippen LogP contribution in [-0.4, -0.2) is 18.6 Å². The molecular formula is C12H17FN2O2. The van der Waals surface area contributed by atoms with Crippen LogP contribution in [0.3, 0.4) is 0 Å². The van der Waals surface area contributed by atoms with Crippen molar-refractivity contribution in [2.75, 3.05) is 11.9 Å². The van der Waals surface area contributed by atoms with Crippen LogP contribution in [0.4, 0.5) is 10.1 Å². The topological polar surface area (TPSA) is 64.3 Å². The van der Waals surface area contributed by atoms with Crippen LogP contribution in [0, 0.1) is 5.82 Å². The molecule has 1 atom stereocenters. The van der Waals surface area contributed by atoms with Crippen molar-refractivity contribution in [3.05, 3.63) is 24.0 Å². The van der Waals surface area contributed by atoms with Crippen molar-refractivity contribution in [3.8, 4) is 5.75 Å². The first-order valence-electron chi connectivity index (χ1n) is 5.57. The summed E-state index contributed by atoms with van der Waals surface area (Å²) in [6, 6.07) is 3.38. The molecule has 0 unspecified atom stereocenters. The van der Waals surface area contributed by atoms with E-state index in [0.29, 0.717) is 24.5 Å². The van der Waals surface area contributed by atoms with Gasteiger partial charge in [0.25, 0.3) is 0 Å². The van der Waals surface area contributed by atoms with E-state index >= 15 is 0 Å². The number of amides is 1. The monoisotopic (exact) mass is 240 g/mol. The number of nitrogens with two attached hydrogens (primary N) is 1. The number of anilines is 1. The summed E-state index contributed by atoms with van der Waals surface area (Å²) in [5, 5.41) is 2.62. The van der Waals surface area contributed by atoms with E-state index in [9.17, 15) is 9.18 Å². The van der Waals surface area contributed by atoms with E-state index in [4.69, 9.17) is 10.5 Å².